The molecule has 1 aromatic rings. The van der Waals surface area contributed by atoms with Crippen LogP contribution in [-0.2, 0) is 10.0 Å². The Labute approximate surface area is 140 Å². The number of hydrogen-bond donors (Lipinski definition) is 4. The van der Waals surface area contributed by atoms with Crippen molar-refractivity contribution in [2.24, 2.45) is 17.6 Å². The molecule has 0 atom stereocenters. The van der Waals surface area contributed by atoms with Crippen molar-refractivity contribution in [2.45, 2.75) is 30.6 Å². The fourth-order valence-corrected chi connectivity index (χ4v) is 4.07. The lowest BCUT2D eigenvalue weighted by Crippen LogP contribution is -2.37. The Morgan fingerprint density at radius 3 is 2.29 bits per heavy atom. The Balaban J connectivity index is 1.84. The van der Waals surface area contributed by atoms with Crippen molar-refractivity contribution in [3.05, 3.63) is 29.8 Å². The fourth-order valence-electron chi connectivity index (χ4n) is 2.89. The van der Waals surface area contributed by atoms with E-state index in [9.17, 15) is 17.2 Å². The SMILES string of the molecule is N=C(N)NC[C@H]1CC[C@H](CNS(=O)(=O)c2ccc(F)cc2F)CC1. The van der Waals surface area contributed by atoms with E-state index in [1.165, 1.54) is 0 Å². The van der Waals surface area contributed by atoms with Crippen molar-refractivity contribution in [3.63, 3.8) is 0 Å². The van der Waals surface area contributed by atoms with Gasteiger partial charge < -0.3 is 11.1 Å². The minimum atomic E-state index is -3.99. The summed E-state index contributed by atoms with van der Waals surface area (Å²) >= 11 is 0. The zero-order chi connectivity index (χ0) is 17.7. The minimum absolute atomic E-state index is 0.0498. The predicted octanol–water partition coefficient (Wildman–Crippen LogP) is 1.53. The third-order valence-electron chi connectivity index (χ3n) is 4.29. The summed E-state index contributed by atoms with van der Waals surface area (Å²) in [4.78, 5) is -0.539. The molecule has 1 fully saturated rings. The summed E-state index contributed by atoms with van der Waals surface area (Å²) in [6, 6.07) is 2.41. The third-order valence-corrected chi connectivity index (χ3v) is 5.75. The summed E-state index contributed by atoms with van der Waals surface area (Å²) in [7, 11) is -3.99. The van der Waals surface area contributed by atoms with Gasteiger partial charge in [-0.05, 0) is 49.7 Å². The largest absolute Gasteiger partial charge is 0.370 e. The summed E-state index contributed by atoms with van der Waals surface area (Å²) in [5.41, 5.74) is 5.25. The molecule has 0 radical (unpaired) electrons. The lowest BCUT2D eigenvalue weighted by atomic mass is 9.82. The van der Waals surface area contributed by atoms with Crippen LogP contribution in [0.4, 0.5) is 8.78 Å². The number of rotatable bonds is 6. The van der Waals surface area contributed by atoms with Crippen LogP contribution < -0.4 is 15.8 Å². The van der Waals surface area contributed by atoms with Crippen molar-refractivity contribution in [1.82, 2.24) is 10.0 Å². The van der Waals surface area contributed by atoms with E-state index in [2.05, 4.69) is 10.0 Å². The normalized spacial score (nSPS) is 21.4. The Morgan fingerprint density at radius 1 is 1.17 bits per heavy atom. The number of hydrogen-bond acceptors (Lipinski definition) is 3. The Kier molecular flexibility index (Phi) is 6.11. The van der Waals surface area contributed by atoms with Crippen molar-refractivity contribution >= 4 is 16.0 Å². The van der Waals surface area contributed by atoms with Crippen LogP contribution >= 0.6 is 0 Å². The second-order valence-electron chi connectivity index (χ2n) is 6.11. The molecule has 1 aromatic carbocycles. The molecular weight excluding hydrogens is 338 g/mol. The molecule has 1 aliphatic rings. The van der Waals surface area contributed by atoms with Gasteiger partial charge in [-0.25, -0.2) is 21.9 Å². The number of benzene rings is 1. The zero-order valence-corrected chi connectivity index (χ0v) is 14.0. The lowest BCUT2D eigenvalue weighted by Gasteiger charge is -2.28. The van der Waals surface area contributed by atoms with Gasteiger partial charge in [0.15, 0.2) is 5.96 Å². The first kappa shape index (κ1) is 18.6. The van der Waals surface area contributed by atoms with Gasteiger partial charge in [0.2, 0.25) is 10.0 Å². The molecule has 0 bridgehead atoms. The first-order valence-electron chi connectivity index (χ1n) is 7.80. The van der Waals surface area contributed by atoms with Gasteiger partial charge >= 0.3 is 0 Å². The van der Waals surface area contributed by atoms with Crippen LogP contribution in [0, 0.1) is 28.9 Å². The molecule has 24 heavy (non-hydrogen) atoms. The van der Waals surface area contributed by atoms with E-state index in [1.807, 2.05) is 0 Å². The van der Waals surface area contributed by atoms with Gasteiger partial charge in [-0.15, -0.1) is 0 Å². The molecule has 6 nitrogen and oxygen atoms in total. The maximum atomic E-state index is 13.6. The summed E-state index contributed by atoms with van der Waals surface area (Å²) in [5.74, 6) is -1.37. The monoisotopic (exact) mass is 360 g/mol. The van der Waals surface area contributed by atoms with E-state index >= 15 is 0 Å². The average Bonchev–Trinajstić information content (AvgIpc) is 2.51. The summed E-state index contributed by atoms with van der Waals surface area (Å²) in [6.45, 7) is 0.876. The molecule has 1 aliphatic carbocycles. The molecule has 9 heteroatoms. The van der Waals surface area contributed by atoms with Crippen LogP contribution in [0.15, 0.2) is 23.1 Å². The fraction of sp³-hybridized carbons (Fsp3) is 0.533. The molecule has 0 aromatic heterocycles. The Hall–Kier alpha value is -1.74. The van der Waals surface area contributed by atoms with Crippen molar-refractivity contribution in [3.8, 4) is 0 Å². The molecule has 0 saturated heterocycles. The highest BCUT2D eigenvalue weighted by Crippen LogP contribution is 2.28. The van der Waals surface area contributed by atoms with E-state index < -0.39 is 26.6 Å². The molecule has 0 amide bonds. The van der Waals surface area contributed by atoms with Crippen LogP contribution in [0.1, 0.15) is 25.7 Å². The van der Waals surface area contributed by atoms with E-state index in [0.717, 1.165) is 37.8 Å². The molecule has 2 rings (SSSR count). The molecule has 0 aliphatic heterocycles. The van der Waals surface area contributed by atoms with Crippen molar-refractivity contribution in [2.75, 3.05) is 13.1 Å². The van der Waals surface area contributed by atoms with Gasteiger partial charge in [0, 0.05) is 19.2 Å². The van der Waals surface area contributed by atoms with Crippen LogP contribution in [-0.4, -0.2) is 27.5 Å². The summed E-state index contributed by atoms with van der Waals surface area (Å²) in [5, 5.41) is 9.93. The number of guanidine groups is 1. The van der Waals surface area contributed by atoms with Gasteiger partial charge in [0.05, 0.1) is 0 Å². The highest BCUT2D eigenvalue weighted by molar-refractivity contribution is 7.89. The highest BCUT2D eigenvalue weighted by atomic mass is 32.2. The smallest absolute Gasteiger partial charge is 0.243 e. The van der Waals surface area contributed by atoms with Crippen molar-refractivity contribution in [1.29, 1.82) is 5.41 Å². The van der Waals surface area contributed by atoms with Crippen LogP contribution in [0.2, 0.25) is 0 Å². The second-order valence-corrected chi connectivity index (χ2v) is 7.84. The minimum Gasteiger partial charge on any atom is -0.370 e. The van der Waals surface area contributed by atoms with Crippen LogP contribution in [0.5, 0.6) is 0 Å². The third kappa shape index (κ3) is 5.13. The molecule has 134 valence electrons. The van der Waals surface area contributed by atoms with Gasteiger partial charge in [-0.2, -0.15) is 0 Å². The van der Waals surface area contributed by atoms with Gasteiger partial charge in [-0.3, -0.25) is 5.41 Å². The molecule has 0 spiro atoms. The molecule has 0 heterocycles. The Morgan fingerprint density at radius 2 is 1.75 bits per heavy atom. The van der Waals surface area contributed by atoms with E-state index in [-0.39, 0.29) is 18.4 Å². The molecule has 0 unspecified atom stereocenters. The van der Waals surface area contributed by atoms with Gasteiger partial charge in [-0.1, -0.05) is 0 Å². The van der Waals surface area contributed by atoms with E-state index in [4.69, 9.17) is 11.1 Å². The molecule has 1 saturated carbocycles. The first-order valence-corrected chi connectivity index (χ1v) is 9.29. The first-order chi connectivity index (χ1) is 11.3. The number of nitrogens with one attached hydrogen (secondary N) is 3. The lowest BCUT2D eigenvalue weighted by molar-refractivity contribution is 0.275. The molecule has 5 N–H and O–H groups in total. The topological polar surface area (TPSA) is 108 Å². The average molecular weight is 360 g/mol. The highest BCUT2D eigenvalue weighted by Gasteiger charge is 2.24. The predicted molar refractivity (Wildman–Crippen MR) is 86.9 cm³/mol. The molecular formula is C15H22F2N4O2S. The van der Waals surface area contributed by atoms with Crippen LogP contribution in [0.25, 0.3) is 0 Å². The van der Waals surface area contributed by atoms with Crippen LogP contribution in [0.3, 0.4) is 0 Å². The maximum Gasteiger partial charge on any atom is 0.243 e. The van der Waals surface area contributed by atoms with E-state index in [0.29, 0.717) is 18.5 Å². The van der Waals surface area contributed by atoms with Gasteiger partial charge in [0.1, 0.15) is 16.5 Å². The number of sulfonamides is 1. The summed E-state index contributed by atoms with van der Waals surface area (Å²) in [6.07, 6.45) is 3.52. The quantitative estimate of drug-likeness (QED) is 0.456. The summed E-state index contributed by atoms with van der Waals surface area (Å²) < 4.78 is 53.2. The number of nitrogens with two attached hydrogens (primary N) is 1. The zero-order valence-electron chi connectivity index (χ0n) is 13.2. The maximum absolute atomic E-state index is 13.6. The second kappa shape index (κ2) is 7.89. The van der Waals surface area contributed by atoms with Gasteiger partial charge in [0.25, 0.3) is 0 Å². The number of halogens is 2. The standard InChI is InChI=1S/C15H22F2N4O2S/c16-12-5-6-14(13(17)7-12)24(22,23)21-9-11-3-1-10(2-4-11)8-20-15(18)19/h5-7,10-11,21H,1-4,8-9H2,(H4,18,19,20)/t10-,11-. The Bertz CT molecular complexity index is 689. The van der Waals surface area contributed by atoms with E-state index in [1.54, 1.807) is 0 Å². The van der Waals surface area contributed by atoms with Crippen molar-refractivity contribution < 1.29 is 17.2 Å².